The average Bonchev–Trinajstić information content (AvgIpc) is 2.17. The molecule has 0 spiro atoms. The highest BCUT2D eigenvalue weighted by Gasteiger charge is 2.31. The summed E-state index contributed by atoms with van der Waals surface area (Å²) in [7, 11) is 0. The quantitative estimate of drug-likeness (QED) is 0.638. The highest BCUT2D eigenvalue weighted by molar-refractivity contribution is 5.85. The fourth-order valence-corrected chi connectivity index (χ4v) is 2.06. The molecule has 0 radical (unpaired) electrons. The van der Waals surface area contributed by atoms with Crippen molar-refractivity contribution in [3.63, 3.8) is 0 Å². The van der Waals surface area contributed by atoms with Crippen LogP contribution >= 0.6 is 0 Å². The van der Waals surface area contributed by atoms with Crippen molar-refractivity contribution >= 4 is 5.78 Å². The fraction of sp³-hybridized carbons (Fsp3) is 0.583. The zero-order chi connectivity index (χ0) is 10.6. The summed E-state index contributed by atoms with van der Waals surface area (Å²) in [6.45, 7) is 10.4. The van der Waals surface area contributed by atoms with Crippen LogP contribution in [0.3, 0.4) is 0 Å². The number of hydrogen-bond donors (Lipinski definition) is 0. The van der Waals surface area contributed by atoms with Gasteiger partial charge in [0.05, 0.1) is 6.04 Å². The van der Waals surface area contributed by atoms with E-state index in [4.69, 9.17) is 0 Å². The molecule has 1 aliphatic heterocycles. The lowest BCUT2D eigenvalue weighted by molar-refractivity contribution is -0.128. The average molecular weight is 193 g/mol. The van der Waals surface area contributed by atoms with Crippen molar-refractivity contribution in [3.05, 3.63) is 25.3 Å². The van der Waals surface area contributed by atoms with Gasteiger partial charge in [0.15, 0.2) is 0 Å². The van der Waals surface area contributed by atoms with Gasteiger partial charge >= 0.3 is 0 Å². The number of likely N-dealkylation sites (tertiary alicyclic amines) is 1. The summed E-state index contributed by atoms with van der Waals surface area (Å²) < 4.78 is 0. The van der Waals surface area contributed by atoms with Crippen molar-refractivity contribution in [3.8, 4) is 0 Å². The van der Waals surface area contributed by atoms with E-state index in [0.29, 0.717) is 18.2 Å². The Hall–Kier alpha value is -0.890. The van der Waals surface area contributed by atoms with Crippen LogP contribution in [0.2, 0.25) is 0 Å². The molecule has 14 heavy (non-hydrogen) atoms. The predicted octanol–water partition coefficient (Wildman–Crippen LogP) is 2.17. The molecule has 1 fully saturated rings. The zero-order valence-electron chi connectivity index (χ0n) is 8.91. The largest absolute Gasteiger partial charge is 0.298 e. The summed E-state index contributed by atoms with van der Waals surface area (Å²) in [6.07, 6.45) is 6.15. The minimum atomic E-state index is 0.0363. The fourth-order valence-electron chi connectivity index (χ4n) is 2.06. The van der Waals surface area contributed by atoms with Gasteiger partial charge in [-0.3, -0.25) is 9.69 Å². The van der Waals surface area contributed by atoms with Gasteiger partial charge in [-0.15, -0.1) is 13.2 Å². The molecule has 78 valence electrons. The second kappa shape index (κ2) is 5.11. The van der Waals surface area contributed by atoms with E-state index in [1.54, 1.807) is 0 Å². The third-order valence-corrected chi connectivity index (χ3v) is 2.88. The maximum atomic E-state index is 11.7. The first-order chi connectivity index (χ1) is 6.70. The minimum Gasteiger partial charge on any atom is -0.298 e. The molecule has 2 atom stereocenters. The smallest absolute Gasteiger partial charge is 0.150 e. The minimum absolute atomic E-state index is 0.0363. The normalized spacial score (nSPS) is 28.8. The van der Waals surface area contributed by atoms with Crippen LogP contribution in [-0.4, -0.2) is 29.3 Å². The Morgan fingerprint density at radius 3 is 2.79 bits per heavy atom. The van der Waals surface area contributed by atoms with E-state index in [1.165, 1.54) is 0 Å². The van der Waals surface area contributed by atoms with Crippen molar-refractivity contribution in [1.82, 2.24) is 4.90 Å². The number of nitrogens with zero attached hydrogens (tertiary/aromatic N) is 1. The van der Waals surface area contributed by atoms with Crippen molar-refractivity contribution < 1.29 is 4.79 Å². The SMILES string of the molecule is C=CC[C@@H]1C(=O)CC[C@H](C)N1CC=C. The van der Waals surface area contributed by atoms with E-state index < -0.39 is 0 Å². The van der Waals surface area contributed by atoms with Crippen LogP contribution in [0.1, 0.15) is 26.2 Å². The Morgan fingerprint density at radius 1 is 1.50 bits per heavy atom. The van der Waals surface area contributed by atoms with Crippen molar-refractivity contribution in [1.29, 1.82) is 0 Å². The molecule has 0 saturated carbocycles. The van der Waals surface area contributed by atoms with Gasteiger partial charge in [0.25, 0.3) is 0 Å². The van der Waals surface area contributed by atoms with Gasteiger partial charge in [-0.1, -0.05) is 12.2 Å². The first-order valence-corrected chi connectivity index (χ1v) is 5.21. The second-order valence-electron chi connectivity index (χ2n) is 3.88. The summed E-state index contributed by atoms with van der Waals surface area (Å²) in [4.78, 5) is 13.9. The summed E-state index contributed by atoms with van der Waals surface area (Å²) in [5.41, 5.74) is 0. The van der Waals surface area contributed by atoms with Crippen molar-refractivity contribution in [2.24, 2.45) is 0 Å². The molecule has 1 aliphatic rings. The summed E-state index contributed by atoms with van der Waals surface area (Å²) in [5, 5.41) is 0. The number of Topliss-reactive ketones (excluding diaryl/α,β-unsaturated/α-hetero) is 1. The van der Waals surface area contributed by atoms with Crippen LogP contribution in [0.25, 0.3) is 0 Å². The molecule has 0 aromatic carbocycles. The van der Waals surface area contributed by atoms with Crippen LogP contribution in [0.4, 0.5) is 0 Å². The molecule has 2 nitrogen and oxygen atoms in total. The van der Waals surface area contributed by atoms with Gasteiger partial charge in [0, 0.05) is 19.0 Å². The van der Waals surface area contributed by atoms with Crippen molar-refractivity contribution in [2.45, 2.75) is 38.3 Å². The molecular weight excluding hydrogens is 174 g/mol. The van der Waals surface area contributed by atoms with Crippen LogP contribution in [-0.2, 0) is 4.79 Å². The lowest BCUT2D eigenvalue weighted by Crippen LogP contribution is -2.50. The molecule has 1 rings (SSSR count). The Kier molecular flexibility index (Phi) is 4.08. The van der Waals surface area contributed by atoms with E-state index in [9.17, 15) is 4.79 Å². The third kappa shape index (κ3) is 2.32. The predicted molar refractivity (Wildman–Crippen MR) is 59.2 cm³/mol. The lowest BCUT2D eigenvalue weighted by Gasteiger charge is -2.38. The van der Waals surface area contributed by atoms with Gasteiger partial charge in [-0.05, 0) is 19.8 Å². The molecule has 0 amide bonds. The van der Waals surface area contributed by atoms with E-state index in [0.717, 1.165) is 19.4 Å². The summed E-state index contributed by atoms with van der Waals surface area (Å²) in [5.74, 6) is 0.352. The summed E-state index contributed by atoms with van der Waals surface area (Å²) in [6, 6.07) is 0.518. The van der Waals surface area contributed by atoms with Crippen molar-refractivity contribution in [2.75, 3.05) is 6.54 Å². The van der Waals surface area contributed by atoms with Gasteiger partial charge in [0.1, 0.15) is 5.78 Å². The van der Waals surface area contributed by atoms with Gasteiger partial charge in [0.2, 0.25) is 0 Å². The number of carbonyl (C=O) groups excluding carboxylic acids is 1. The Labute approximate surface area is 86.3 Å². The Balaban J connectivity index is 2.74. The van der Waals surface area contributed by atoms with E-state index >= 15 is 0 Å². The second-order valence-corrected chi connectivity index (χ2v) is 3.88. The molecule has 0 unspecified atom stereocenters. The zero-order valence-corrected chi connectivity index (χ0v) is 8.91. The molecule has 2 heteroatoms. The molecule has 0 aromatic rings. The molecule has 1 saturated heterocycles. The van der Waals surface area contributed by atoms with Crippen LogP contribution in [0.15, 0.2) is 25.3 Å². The topological polar surface area (TPSA) is 20.3 Å². The highest BCUT2D eigenvalue weighted by Crippen LogP contribution is 2.22. The molecule has 0 N–H and O–H groups in total. The lowest BCUT2D eigenvalue weighted by atomic mass is 9.93. The number of ketones is 1. The van der Waals surface area contributed by atoms with Crippen LogP contribution in [0.5, 0.6) is 0 Å². The Bertz CT molecular complexity index is 234. The highest BCUT2D eigenvalue weighted by atomic mass is 16.1. The third-order valence-electron chi connectivity index (χ3n) is 2.88. The number of hydrogen-bond acceptors (Lipinski definition) is 2. The maximum absolute atomic E-state index is 11.7. The monoisotopic (exact) mass is 193 g/mol. The molecule has 0 aromatic heterocycles. The van der Waals surface area contributed by atoms with Crippen LogP contribution in [0, 0.1) is 0 Å². The number of carbonyl (C=O) groups is 1. The van der Waals surface area contributed by atoms with Gasteiger partial charge < -0.3 is 0 Å². The number of piperidine rings is 1. The summed E-state index contributed by atoms with van der Waals surface area (Å²) >= 11 is 0. The Morgan fingerprint density at radius 2 is 2.21 bits per heavy atom. The first-order valence-electron chi connectivity index (χ1n) is 5.21. The van der Waals surface area contributed by atoms with Crippen LogP contribution < -0.4 is 0 Å². The van der Waals surface area contributed by atoms with E-state index in [-0.39, 0.29) is 6.04 Å². The molecule has 1 heterocycles. The standard InChI is InChI=1S/C12H19NO/c1-4-6-11-12(14)8-7-10(3)13(11)9-5-2/h4-5,10-11H,1-2,6-9H2,3H3/t10-,11+/m0/s1. The molecule has 0 aliphatic carbocycles. The van der Waals surface area contributed by atoms with E-state index in [2.05, 4.69) is 25.0 Å². The van der Waals surface area contributed by atoms with Gasteiger partial charge in [-0.25, -0.2) is 0 Å². The number of rotatable bonds is 4. The maximum Gasteiger partial charge on any atom is 0.150 e. The van der Waals surface area contributed by atoms with E-state index in [1.807, 2.05) is 12.2 Å². The van der Waals surface area contributed by atoms with Gasteiger partial charge in [-0.2, -0.15) is 0 Å². The molecular formula is C12H19NO. The first kappa shape index (κ1) is 11.2. The molecule has 0 bridgehead atoms.